The summed E-state index contributed by atoms with van der Waals surface area (Å²) in [4.78, 5) is 39.9. The van der Waals surface area contributed by atoms with Crippen molar-refractivity contribution in [3.63, 3.8) is 0 Å². The minimum absolute atomic E-state index is 0. The molecule has 0 aliphatic rings. The molecule has 0 amide bonds. The van der Waals surface area contributed by atoms with E-state index in [1.807, 2.05) is 13.8 Å². The summed E-state index contributed by atoms with van der Waals surface area (Å²) >= 11 is 0. The first-order valence-corrected chi connectivity index (χ1v) is 7.02. The normalized spacial score (nSPS) is 7.30. The van der Waals surface area contributed by atoms with E-state index >= 15 is 0 Å². The molecule has 0 rings (SSSR count). The van der Waals surface area contributed by atoms with Crippen LogP contribution in [0.5, 0.6) is 0 Å². The summed E-state index contributed by atoms with van der Waals surface area (Å²) < 4.78 is 0. The van der Waals surface area contributed by atoms with Crippen molar-refractivity contribution in [1.82, 2.24) is 0 Å². The number of carbonyl (C=O) groups is 4. The van der Waals surface area contributed by atoms with Gasteiger partial charge in [-0.3, -0.25) is 12.8 Å². The Morgan fingerprint density at radius 3 is 0.783 bits per heavy atom. The standard InChI is InChI=1S/2C5H7O2.2C3H8O.Ti/c2*1-4(6)3-5(2)7;2*1-2-3-4;/h2*3H,1-2H3;2*4H,2-3H2,1H3;/q2*-1;;;+2. The van der Waals surface area contributed by atoms with E-state index in [9.17, 15) is 19.2 Å². The van der Waals surface area contributed by atoms with Gasteiger partial charge in [0.15, 0.2) is 0 Å². The molecule has 0 aromatic rings. The SMILES string of the molecule is CC(=O)[CH-]C(C)=O.CC(=O)[CH-]C(C)=O.CCCO.CCCO.[Ti+2]. The zero-order chi connectivity index (χ0) is 18.6. The molecule has 0 heterocycles. The maximum atomic E-state index is 9.98. The Kier molecular flexibility index (Phi) is 42.5. The summed E-state index contributed by atoms with van der Waals surface area (Å²) in [6.45, 7) is 9.89. The number of hydrogen-bond donors (Lipinski definition) is 2. The van der Waals surface area contributed by atoms with Gasteiger partial charge in [0, 0.05) is 36.3 Å². The van der Waals surface area contributed by atoms with E-state index < -0.39 is 0 Å². The first-order chi connectivity index (χ1) is 10.1. The fraction of sp³-hybridized carbons (Fsp3) is 0.625. The van der Waals surface area contributed by atoms with Crippen LogP contribution in [-0.4, -0.2) is 46.6 Å². The van der Waals surface area contributed by atoms with Crippen molar-refractivity contribution in [2.75, 3.05) is 13.2 Å². The number of hydrogen-bond acceptors (Lipinski definition) is 6. The Balaban J connectivity index is -0.0000000639. The van der Waals surface area contributed by atoms with Gasteiger partial charge in [-0.2, -0.15) is 0 Å². The first kappa shape index (κ1) is 33.6. The van der Waals surface area contributed by atoms with Crippen LogP contribution in [0.4, 0.5) is 0 Å². The van der Waals surface area contributed by atoms with Crippen molar-refractivity contribution in [2.24, 2.45) is 0 Å². The van der Waals surface area contributed by atoms with Crippen molar-refractivity contribution in [1.29, 1.82) is 0 Å². The molecule has 7 heteroatoms. The van der Waals surface area contributed by atoms with E-state index in [4.69, 9.17) is 10.2 Å². The molecule has 0 aliphatic carbocycles. The average Bonchev–Trinajstić information content (AvgIpc) is 2.36. The van der Waals surface area contributed by atoms with E-state index in [0.29, 0.717) is 13.2 Å². The molecule has 134 valence electrons. The number of carbonyl (C=O) groups excluding carboxylic acids is 4. The quantitative estimate of drug-likeness (QED) is 0.419. The van der Waals surface area contributed by atoms with Gasteiger partial charge in [-0.05, 0) is 40.5 Å². The molecule has 2 N–H and O–H groups in total. The van der Waals surface area contributed by atoms with Crippen molar-refractivity contribution in [3.8, 4) is 0 Å². The molecule has 0 radical (unpaired) electrons. The van der Waals surface area contributed by atoms with Crippen LogP contribution in [0.3, 0.4) is 0 Å². The van der Waals surface area contributed by atoms with E-state index in [0.717, 1.165) is 25.7 Å². The summed E-state index contributed by atoms with van der Waals surface area (Å²) in [6, 6.07) is 0. The zero-order valence-electron chi connectivity index (χ0n) is 15.0. The minimum Gasteiger partial charge on any atom is -0.396 e. The maximum absolute atomic E-state index is 9.98. The molecule has 0 spiro atoms. The van der Waals surface area contributed by atoms with Crippen molar-refractivity contribution in [3.05, 3.63) is 12.8 Å². The summed E-state index contributed by atoms with van der Waals surface area (Å²) in [7, 11) is 0. The third-order valence-electron chi connectivity index (χ3n) is 1.26. The summed E-state index contributed by atoms with van der Waals surface area (Å²) in [5.74, 6) is -0.750. The molecule has 0 saturated carbocycles. The Bertz CT molecular complexity index is 245. The molecule has 0 aromatic carbocycles. The van der Waals surface area contributed by atoms with Crippen LogP contribution in [0.25, 0.3) is 0 Å². The number of rotatable bonds is 6. The molecule has 23 heavy (non-hydrogen) atoms. The summed E-state index contributed by atoms with van der Waals surface area (Å²) in [6.07, 6.45) is 3.86. The monoisotopic (exact) mass is 366 g/mol. The van der Waals surface area contributed by atoms with Crippen LogP contribution in [0.2, 0.25) is 0 Å². The fourth-order valence-electron chi connectivity index (χ4n) is 0.572. The largest absolute Gasteiger partial charge is 2.00 e. The van der Waals surface area contributed by atoms with E-state index in [-0.39, 0.29) is 44.9 Å². The van der Waals surface area contributed by atoms with Crippen molar-refractivity contribution in [2.45, 2.75) is 54.4 Å². The molecular weight excluding hydrogens is 336 g/mol. The van der Waals surface area contributed by atoms with Crippen molar-refractivity contribution >= 4 is 23.1 Å². The van der Waals surface area contributed by atoms with Crippen LogP contribution in [-0.2, 0) is 40.9 Å². The number of aliphatic hydroxyl groups excluding tert-OH is 2. The van der Waals surface area contributed by atoms with Gasteiger partial charge in [0.05, 0.1) is 0 Å². The van der Waals surface area contributed by atoms with Crippen LogP contribution < -0.4 is 0 Å². The van der Waals surface area contributed by atoms with E-state index in [1.165, 1.54) is 27.7 Å². The van der Waals surface area contributed by atoms with Crippen LogP contribution >= 0.6 is 0 Å². The fourth-order valence-corrected chi connectivity index (χ4v) is 0.572. The Morgan fingerprint density at radius 2 is 0.783 bits per heavy atom. The Labute approximate surface area is 154 Å². The van der Waals surface area contributed by atoms with E-state index in [1.54, 1.807) is 0 Å². The maximum Gasteiger partial charge on any atom is 2.00 e. The van der Waals surface area contributed by atoms with Gasteiger partial charge in [0.2, 0.25) is 0 Å². The van der Waals surface area contributed by atoms with Gasteiger partial charge in [-0.15, -0.1) is 0 Å². The summed E-state index contributed by atoms with van der Waals surface area (Å²) in [5.41, 5.74) is 0. The van der Waals surface area contributed by atoms with Crippen molar-refractivity contribution < 1.29 is 51.1 Å². The third-order valence-corrected chi connectivity index (χ3v) is 1.26. The molecule has 0 aromatic heterocycles. The van der Waals surface area contributed by atoms with Gasteiger partial charge in [-0.25, -0.2) is 0 Å². The smallest absolute Gasteiger partial charge is 0.396 e. The molecule has 0 atom stereocenters. The van der Waals surface area contributed by atoms with Gasteiger partial charge >= 0.3 is 21.7 Å². The second-order valence-electron chi connectivity index (χ2n) is 4.18. The number of aliphatic hydroxyl groups is 2. The first-order valence-electron chi connectivity index (χ1n) is 7.02. The van der Waals surface area contributed by atoms with Gasteiger partial charge in [0.25, 0.3) is 0 Å². The summed E-state index contributed by atoms with van der Waals surface area (Å²) in [5, 5.41) is 15.8. The van der Waals surface area contributed by atoms with E-state index in [2.05, 4.69) is 0 Å². The predicted molar refractivity (Wildman–Crippen MR) is 86.1 cm³/mol. The molecule has 0 bridgehead atoms. The second kappa shape index (κ2) is 29.1. The topological polar surface area (TPSA) is 109 Å². The van der Waals surface area contributed by atoms with Crippen LogP contribution in [0, 0.1) is 12.8 Å². The number of ketones is 4. The third kappa shape index (κ3) is 93.2. The van der Waals surface area contributed by atoms with Crippen LogP contribution in [0.15, 0.2) is 0 Å². The average molecular weight is 366 g/mol. The number of Topliss-reactive ketones (excluding diaryl/α,β-unsaturated/α-hetero) is 4. The Hall–Kier alpha value is -0.946. The van der Waals surface area contributed by atoms with Gasteiger partial charge in [-0.1, -0.05) is 13.8 Å². The molecule has 0 unspecified atom stereocenters. The Morgan fingerprint density at radius 1 is 0.652 bits per heavy atom. The van der Waals surface area contributed by atoms with Crippen LogP contribution in [0.1, 0.15) is 54.4 Å². The minimum atomic E-state index is -0.187. The molecule has 0 saturated heterocycles. The van der Waals surface area contributed by atoms with Gasteiger partial charge < -0.3 is 29.4 Å². The van der Waals surface area contributed by atoms with Gasteiger partial charge in [0.1, 0.15) is 0 Å². The molecule has 0 aliphatic heterocycles. The zero-order valence-corrected chi connectivity index (χ0v) is 16.6. The molecule has 6 nitrogen and oxygen atoms in total. The molecular formula is C16H30O6Ti. The second-order valence-corrected chi connectivity index (χ2v) is 4.18. The molecule has 0 fully saturated rings. The predicted octanol–water partition coefficient (Wildman–Crippen LogP) is 1.51.